The Labute approximate surface area is 111 Å². The maximum Gasteiger partial charge on any atom is 0.405 e. The van der Waals surface area contributed by atoms with Gasteiger partial charge in [-0.15, -0.1) is 0 Å². The maximum absolute atomic E-state index is 13.4. The van der Waals surface area contributed by atoms with Crippen molar-refractivity contribution in [1.29, 1.82) is 0 Å². The molecule has 9 heteroatoms. The van der Waals surface area contributed by atoms with Gasteiger partial charge in [0.05, 0.1) is 0 Å². The Kier molecular flexibility index (Phi) is 3.31. The molecule has 0 spiro atoms. The van der Waals surface area contributed by atoms with Gasteiger partial charge in [0.25, 0.3) is 5.91 Å². The van der Waals surface area contributed by atoms with Crippen LogP contribution < -0.4 is 0 Å². The van der Waals surface area contributed by atoms with Crippen LogP contribution in [0.5, 0.6) is 0 Å². The maximum atomic E-state index is 13.4. The average molecular weight is 293 g/mol. The molecule has 110 valence electrons. The van der Waals surface area contributed by atoms with E-state index >= 15 is 0 Å². The Morgan fingerprint density at radius 2 is 2.15 bits per heavy atom. The number of hydrogen-bond acceptors (Lipinski definition) is 4. The van der Waals surface area contributed by atoms with E-state index in [0.717, 1.165) is 4.90 Å². The van der Waals surface area contributed by atoms with Gasteiger partial charge >= 0.3 is 6.18 Å². The molecular formula is C11H11F4N3O2. The number of hydrogen-bond donors (Lipinski definition) is 0. The number of carbonyl (C=O) groups is 1. The number of nitrogens with zero attached hydrogens (tertiary/aromatic N) is 3. The van der Waals surface area contributed by atoms with E-state index in [2.05, 4.69) is 21.2 Å². The minimum atomic E-state index is -4.70. The Hall–Kier alpha value is -1.93. The van der Waals surface area contributed by atoms with Crippen molar-refractivity contribution in [1.82, 2.24) is 15.0 Å². The van der Waals surface area contributed by atoms with Crippen molar-refractivity contribution in [2.75, 3.05) is 13.1 Å². The van der Waals surface area contributed by atoms with Crippen LogP contribution in [-0.4, -0.2) is 40.2 Å². The fourth-order valence-electron chi connectivity index (χ4n) is 2.17. The Morgan fingerprint density at radius 1 is 1.50 bits per heavy atom. The zero-order chi connectivity index (χ0) is 15.1. The third kappa shape index (κ3) is 2.16. The van der Waals surface area contributed by atoms with Crippen LogP contribution >= 0.6 is 0 Å². The molecule has 0 aromatic carbocycles. The lowest BCUT2D eigenvalue weighted by Crippen LogP contribution is -2.46. The SMILES string of the molecule is C=C(F)C(=O)N1CCC(c2nc(C)no2)(C(F)(F)F)C1. The molecule has 1 amide bonds. The molecule has 2 heterocycles. The van der Waals surface area contributed by atoms with E-state index in [1.165, 1.54) is 6.92 Å². The summed E-state index contributed by atoms with van der Waals surface area (Å²) in [5, 5.41) is 3.34. The van der Waals surface area contributed by atoms with Gasteiger partial charge in [-0.1, -0.05) is 11.7 Å². The van der Waals surface area contributed by atoms with Crippen LogP contribution in [0, 0.1) is 6.92 Å². The van der Waals surface area contributed by atoms with Gasteiger partial charge < -0.3 is 9.42 Å². The van der Waals surface area contributed by atoms with Crippen LogP contribution in [0.2, 0.25) is 0 Å². The van der Waals surface area contributed by atoms with Crippen molar-refractivity contribution in [2.45, 2.75) is 24.9 Å². The van der Waals surface area contributed by atoms with Gasteiger partial charge in [0, 0.05) is 13.1 Å². The third-order valence-corrected chi connectivity index (χ3v) is 3.27. The molecule has 0 saturated carbocycles. The highest BCUT2D eigenvalue weighted by atomic mass is 19.4. The van der Waals surface area contributed by atoms with Gasteiger partial charge in [0.1, 0.15) is 0 Å². The fourth-order valence-corrected chi connectivity index (χ4v) is 2.17. The first-order chi connectivity index (χ1) is 9.17. The predicted octanol–water partition coefficient (Wildman–Crippen LogP) is 1.89. The van der Waals surface area contributed by atoms with Gasteiger partial charge in [-0.2, -0.15) is 18.2 Å². The van der Waals surface area contributed by atoms with Gasteiger partial charge in [0.15, 0.2) is 17.1 Å². The number of aryl methyl sites for hydroxylation is 1. The molecule has 20 heavy (non-hydrogen) atoms. The minimum absolute atomic E-state index is 0.0586. The first kappa shape index (κ1) is 14.5. The molecule has 2 rings (SSSR count). The van der Waals surface area contributed by atoms with E-state index < -0.39 is 42.2 Å². The minimum Gasteiger partial charge on any atom is -0.338 e. The first-order valence-corrected chi connectivity index (χ1v) is 5.68. The van der Waals surface area contributed by atoms with Crippen molar-refractivity contribution in [3.8, 4) is 0 Å². The van der Waals surface area contributed by atoms with Gasteiger partial charge in [-0.3, -0.25) is 4.79 Å². The lowest BCUT2D eigenvalue weighted by atomic mass is 9.86. The quantitative estimate of drug-likeness (QED) is 0.617. The largest absolute Gasteiger partial charge is 0.405 e. The molecule has 0 bridgehead atoms. The molecular weight excluding hydrogens is 282 g/mol. The van der Waals surface area contributed by atoms with Crippen LogP contribution in [0.25, 0.3) is 0 Å². The van der Waals surface area contributed by atoms with Crippen molar-refractivity contribution in [3.63, 3.8) is 0 Å². The zero-order valence-electron chi connectivity index (χ0n) is 10.5. The molecule has 1 aromatic heterocycles. The number of likely N-dealkylation sites (tertiary alicyclic amines) is 1. The number of carbonyl (C=O) groups excluding carboxylic acids is 1. The fraction of sp³-hybridized carbons (Fsp3) is 0.545. The molecule has 1 aromatic rings. The normalized spacial score (nSPS) is 23.1. The number of amides is 1. The van der Waals surface area contributed by atoms with Gasteiger partial charge in [-0.05, 0) is 13.3 Å². The second-order valence-corrected chi connectivity index (χ2v) is 4.61. The van der Waals surface area contributed by atoms with E-state index in [1.807, 2.05) is 0 Å². The predicted molar refractivity (Wildman–Crippen MR) is 58.2 cm³/mol. The number of rotatable bonds is 2. The summed E-state index contributed by atoms with van der Waals surface area (Å²) < 4.78 is 57.5. The second-order valence-electron chi connectivity index (χ2n) is 4.61. The van der Waals surface area contributed by atoms with Crippen molar-refractivity contribution < 1.29 is 26.9 Å². The zero-order valence-corrected chi connectivity index (χ0v) is 10.5. The monoisotopic (exact) mass is 293 g/mol. The molecule has 1 fully saturated rings. The van der Waals surface area contributed by atoms with E-state index in [0.29, 0.717) is 0 Å². The van der Waals surface area contributed by atoms with Crippen LogP contribution in [0.15, 0.2) is 16.9 Å². The van der Waals surface area contributed by atoms with Gasteiger partial charge in [-0.25, -0.2) is 4.39 Å². The van der Waals surface area contributed by atoms with E-state index in [1.54, 1.807) is 0 Å². The molecule has 1 saturated heterocycles. The summed E-state index contributed by atoms with van der Waals surface area (Å²) in [6.07, 6.45) is -5.16. The highest BCUT2D eigenvalue weighted by molar-refractivity contribution is 5.90. The van der Waals surface area contributed by atoms with Crippen molar-refractivity contribution in [3.05, 3.63) is 24.1 Å². The molecule has 1 atom stereocenters. The van der Waals surface area contributed by atoms with Crippen LogP contribution in [0.1, 0.15) is 18.1 Å². The summed E-state index contributed by atoms with van der Waals surface area (Å²) in [7, 11) is 0. The summed E-state index contributed by atoms with van der Waals surface area (Å²) in [5.74, 6) is -3.01. The lowest BCUT2D eigenvalue weighted by Gasteiger charge is -2.27. The van der Waals surface area contributed by atoms with Crippen LogP contribution in [0.3, 0.4) is 0 Å². The number of aromatic nitrogens is 2. The highest BCUT2D eigenvalue weighted by Crippen LogP contribution is 2.47. The summed E-state index contributed by atoms with van der Waals surface area (Å²) in [6.45, 7) is 3.16. The first-order valence-electron chi connectivity index (χ1n) is 5.68. The smallest absolute Gasteiger partial charge is 0.338 e. The molecule has 5 nitrogen and oxygen atoms in total. The van der Waals surface area contributed by atoms with E-state index in [4.69, 9.17) is 0 Å². The summed E-state index contributed by atoms with van der Waals surface area (Å²) in [5.41, 5.74) is -2.46. The molecule has 0 radical (unpaired) electrons. The molecule has 1 unspecified atom stereocenters. The Morgan fingerprint density at radius 3 is 2.60 bits per heavy atom. The number of alkyl halides is 3. The summed E-state index contributed by atoms with van der Waals surface area (Å²) in [6, 6.07) is 0. The molecule has 0 aliphatic carbocycles. The molecule has 1 aliphatic rings. The summed E-state index contributed by atoms with van der Waals surface area (Å²) in [4.78, 5) is 15.8. The molecule has 0 N–H and O–H groups in total. The Balaban J connectivity index is 2.38. The number of halogens is 4. The van der Waals surface area contributed by atoms with Crippen LogP contribution in [-0.2, 0) is 10.2 Å². The highest BCUT2D eigenvalue weighted by Gasteiger charge is 2.63. The summed E-state index contributed by atoms with van der Waals surface area (Å²) >= 11 is 0. The van der Waals surface area contributed by atoms with Gasteiger partial charge in [0.2, 0.25) is 5.89 Å². The van der Waals surface area contributed by atoms with Crippen molar-refractivity contribution in [2.24, 2.45) is 0 Å². The average Bonchev–Trinajstić information content (AvgIpc) is 2.93. The van der Waals surface area contributed by atoms with Crippen molar-refractivity contribution >= 4 is 5.91 Å². The van der Waals surface area contributed by atoms with Crippen LogP contribution in [0.4, 0.5) is 17.6 Å². The topological polar surface area (TPSA) is 59.2 Å². The standard InChI is InChI=1S/C11H11F4N3O2/c1-6(12)8(19)18-4-3-10(5-18,11(13,14)15)9-16-7(2)17-20-9/h1,3-5H2,2H3. The Bertz CT molecular complexity index is 554. The second kappa shape index (κ2) is 4.57. The van der Waals surface area contributed by atoms with E-state index in [9.17, 15) is 22.4 Å². The third-order valence-electron chi connectivity index (χ3n) is 3.27. The molecule has 1 aliphatic heterocycles. The lowest BCUT2D eigenvalue weighted by molar-refractivity contribution is -0.193. The van der Waals surface area contributed by atoms with E-state index in [-0.39, 0.29) is 12.4 Å².